The van der Waals surface area contributed by atoms with E-state index >= 15 is 0 Å². The quantitative estimate of drug-likeness (QED) is 0.0402. The van der Waals surface area contributed by atoms with E-state index in [1.54, 1.807) is 55.4 Å². The molecule has 0 radical (unpaired) electrons. The Hall–Kier alpha value is -3.53. The second-order valence-electron chi connectivity index (χ2n) is 17.3. The molecule has 0 spiro atoms. The topological polar surface area (TPSA) is 260 Å². The van der Waals surface area contributed by atoms with Crippen molar-refractivity contribution in [3.05, 3.63) is 12.2 Å². The fraction of sp³-hybridized carbons (Fsp3) is 0.786. The summed E-state index contributed by atoms with van der Waals surface area (Å²) < 4.78 is 0. The molecule has 0 rings (SSSR count). The molecule has 0 aromatic carbocycles. The van der Waals surface area contributed by atoms with E-state index in [0.717, 1.165) is 0 Å². The van der Waals surface area contributed by atoms with Crippen molar-refractivity contribution in [1.29, 1.82) is 0 Å². The van der Waals surface area contributed by atoms with Crippen LogP contribution >= 0.6 is 0 Å². The molecule has 0 saturated carbocycles. The lowest BCUT2D eigenvalue weighted by atomic mass is 9.83. The lowest BCUT2D eigenvalue weighted by Crippen LogP contribution is -2.63. The van der Waals surface area contributed by atoms with Gasteiger partial charge in [-0.25, -0.2) is 0 Å². The third-order valence-electron chi connectivity index (χ3n) is 10.2. The van der Waals surface area contributed by atoms with Crippen LogP contribution in [0.3, 0.4) is 0 Å². The number of nitrogens with two attached hydrogens (primary N) is 2. The van der Waals surface area contributed by atoms with Gasteiger partial charge in [-0.05, 0) is 92.4 Å². The lowest BCUT2D eigenvalue weighted by Gasteiger charge is -2.34. The molecule has 0 aliphatic carbocycles. The van der Waals surface area contributed by atoms with E-state index in [2.05, 4.69) is 21.3 Å². The number of aliphatic hydroxyl groups is 2. The maximum atomic E-state index is 13.8. The van der Waals surface area contributed by atoms with Crippen molar-refractivity contribution in [2.45, 2.75) is 188 Å². The van der Waals surface area contributed by atoms with E-state index in [4.69, 9.17) is 11.5 Å². The Kier molecular flexibility index (Phi) is 23.5. The van der Waals surface area contributed by atoms with Gasteiger partial charge in [-0.2, -0.15) is 0 Å². The molecular weight excluding hydrogens is 732 g/mol. The number of unbranched alkanes of at least 4 members (excludes halogenated alkanes) is 2. The standard InChI is InChI=1S/C42H76N6O9/c1-24(2)34(39(56)45-35(29(10)50)36(53)25(3)4)46-40(57)42(12,47-27(7)8)22-18-16-14-13-15-17-21-41(11,37(54)26(5)6)48-38(55)30(19-20-32(43)52)23-31(51)33(44)28(9)49/h13-14,24-30,33-35,47,49-50H,15-23,44H2,1-12H3,(H2,43,52)(H,45,56)(H,46,57)(H,48,55)/b14-13+/t28-,29-,30-,33-,34+,35+,41+,42+/m1/s1. The second-order valence-corrected chi connectivity index (χ2v) is 17.3. The number of nitrogens with one attached hydrogen (secondary N) is 4. The van der Waals surface area contributed by atoms with Crippen molar-refractivity contribution in [3.8, 4) is 0 Å². The summed E-state index contributed by atoms with van der Waals surface area (Å²) in [7, 11) is 0. The number of rotatable bonds is 29. The largest absolute Gasteiger partial charge is 0.391 e. The molecule has 0 aromatic rings. The normalized spacial score (nSPS) is 17.3. The fourth-order valence-electron chi connectivity index (χ4n) is 6.69. The third-order valence-corrected chi connectivity index (χ3v) is 10.2. The minimum Gasteiger partial charge on any atom is -0.391 e. The van der Waals surface area contributed by atoms with E-state index in [0.29, 0.717) is 38.5 Å². The highest BCUT2D eigenvalue weighted by Gasteiger charge is 2.39. The number of carbonyl (C=O) groups excluding carboxylic acids is 7. The Morgan fingerprint density at radius 1 is 0.702 bits per heavy atom. The molecule has 0 aliphatic rings. The molecule has 15 nitrogen and oxygen atoms in total. The van der Waals surface area contributed by atoms with E-state index in [1.165, 1.54) is 13.8 Å². The predicted molar refractivity (Wildman–Crippen MR) is 221 cm³/mol. The van der Waals surface area contributed by atoms with Crippen LogP contribution in [0.25, 0.3) is 0 Å². The van der Waals surface area contributed by atoms with Crippen LogP contribution in [0.1, 0.15) is 141 Å². The van der Waals surface area contributed by atoms with Gasteiger partial charge in [0.15, 0.2) is 17.3 Å². The number of primary amides is 1. The first-order valence-electron chi connectivity index (χ1n) is 20.6. The summed E-state index contributed by atoms with van der Waals surface area (Å²) >= 11 is 0. The van der Waals surface area contributed by atoms with Gasteiger partial charge in [0.2, 0.25) is 23.6 Å². The Balaban J connectivity index is 5.66. The SMILES string of the molecule is CC(C)N[C@@](C)(CCC/C=C/CCC[C@](C)(NC(=O)[C@H](CCC(N)=O)CC(=O)[C@H](N)[C@@H](C)O)C(=O)C(C)C)C(=O)N[C@H](C(=O)N[C@H](C(=O)C(C)C)[C@@H](C)O)C(C)C. The zero-order valence-electron chi connectivity index (χ0n) is 36.7. The van der Waals surface area contributed by atoms with Gasteiger partial charge < -0.3 is 42.9 Å². The summed E-state index contributed by atoms with van der Waals surface area (Å²) in [6, 6.07) is -3.28. The number of aliphatic hydroxyl groups excluding tert-OH is 2. The Bertz CT molecular complexity index is 1380. The van der Waals surface area contributed by atoms with Crippen LogP contribution in [-0.4, -0.2) is 98.6 Å². The van der Waals surface area contributed by atoms with Crippen molar-refractivity contribution in [1.82, 2.24) is 21.3 Å². The first kappa shape index (κ1) is 53.5. The number of ketones is 3. The van der Waals surface area contributed by atoms with Gasteiger partial charge in [0, 0.05) is 36.6 Å². The van der Waals surface area contributed by atoms with Crippen LogP contribution in [0.2, 0.25) is 0 Å². The average Bonchev–Trinajstić information content (AvgIpc) is 3.09. The smallest absolute Gasteiger partial charge is 0.243 e. The minimum absolute atomic E-state index is 0.0137. The monoisotopic (exact) mass is 809 g/mol. The van der Waals surface area contributed by atoms with Crippen molar-refractivity contribution in [2.75, 3.05) is 0 Å². The number of hydrogen-bond donors (Lipinski definition) is 8. The lowest BCUT2D eigenvalue weighted by molar-refractivity contribution is -0.137. The molecule has 4 amide bonds. The summed E-state index contributed by atoms with van der Waals surface area (Å²) in [6.07, 6.45) is 4.47. The molecule has 57 heavy (non-hydrogen) atoms. The van der Waals surface area contributed by atoms with Crippen molar-refractivity contribution >= 4 is 41.0 Å². The molecule has 328 valence electrons. The van der Waals surface area contributed by atoms with Crippen LogP contribution < -0.4 is 32.7 Å². The van der Waals surface area contributed by atoms with Crippen LogP contribution in [0.15, 0.2) is 12.2 Å². The third kappa shape index (κ3) is 18.7. The number of allylic oxidation sites excluding steroid dienone is 2. The molecule has 15 heteroatoms. The van der Waals surface area contributed by atoms with Gasteiger partial charge in [-0.1, -0.05) is 53.7 Å². The van der Waals surface area contributed by atoms with Crippen molar-refractivity contribution < 1.29 is 43.8 Å². The summed E-state index contributed by atoms with van der Waals surface area (Å²) in [5.41, 5.74) is 8.84. The van der Waals surface area contributed by atoms with Crippen LogP contribution in [0, 0.1) is 23.7 Å². The molecule has 0 aromatic heterocycles. The molecule has 0 saturated heterocycles. The van der Waals surface area contributed by atoms with Gasteiger partial charge in [0.05, 0.1) is 29.3 Å². The van der Waals surface area contributed by atoms with E-state index in [-0.39, 0.29) is 48.7 Å². The Labute approximate surface area is 341 Å². The maximum Gasteiger partial charge on any atom is 0.243 e. The molecule has 0 heterocycles. The first-order chi connectivity index (χ1) is 26.2. The highest BCUT2D eigenvalue weighted by Crippen LogP contribution is 2.24. The second kappa shape index (κ2) is 25.1. The summed E-state index contributed by atoms with van der Waals surface area (Å²) in [5, 5.41) is 31.7. The van der Waals surface area contributed by atoms with Gasteiger partial charge in [0.1, 0.15) is 12.1 Å². The Morgan fingerprint density at radius 3 is 1.65 bits per heavy atom. The van der Waals surface area contributed by atoms with Gasteiger partial charge in [0.25, 0.3) is 0 Å². The summed E-state index contributed by atoms with van der Waals surface area (Å²) in [5.74, 6) is -5.21. The van der Waals surface area contributed by atoms with Crippen LogP contribution in [0.5, 0.6) is 0 Å². The highest BCUT2D eigenvalue weighted by molar-refractivity contribution is 5.97. The first-order valence-corrected chi connectivity index (χ1v) is 20.6. The van der Waals surface area contributed by atoms with Crippen LogP contribution in [0.4, 0.5) is 0 Å². The number of hydrogen-bond acceptors (Lipinski definition) is 11. The molecular formula is C42H76N6O9. The number of Topliss-reactive ketones (excluding diaryl/α,β-unsaturated/α-hetero) is 3. The summed E-state index contributed by atoms with van der Waals surface area (Å²) in [4.78, 5) is 90.9. The minimum atomic E-state index is -1.25. The molecule has 0 bridgehead atoms. The van der Waals surface area contributed by atoms with E-state index in [9.17, 15) is 43.8 Å². The number of carbonyl (C=O) groups is 7. The zero-order chi connectivity index (χ0) is 44.4. The molecule has 10 N–H and O–H groups in total. The van der Waals surface area contributed by atoms with Gasteiger partial charge >= 0.3 is 0 Å². The number of amides is 4. The zero-order valence-corrected chi connectivity index (χ0v) is 36.7. The summed E-state index contributed by atoms with van der Waals surface area (Å²) in [6.45, 7) is 20.6. The molecule has 8 atom stereocenters. The average molecular weight is 809 g/mol. The van der Waals surface area contributed by atoms with Gasteiger partial charge in [-0.3, -0.25) is 33.6 Å². The van der Waals surface area contributed by atoms with Gasteiger partial charge in [-0.15, -0.1) is 0 Å². The molecule has 0 fully saturated rings. The van der Waals surface area contributed by atoms with Crippen molar-refractivity contribution in [3.63, 3.8) is 0 Å². The fourth-order valence-corrected chi connectivity index (χ4v) is 6.69. The molecule has 0 aliphatic heterocycles. The van der Waals surface area contributed by atoms with Crippen LogP contribution in [-0.2, 0) is 33.6 Å². The van der Waals surface area contributed by atoms with E-state index in [1.807, 2.05) is 26.0 Å². The highest BCUT2D eigenvalue weighted by atomic mass is 16.3. The Morgan fingerprint density at radius 2 is 1.23 bits per heavy atom. The van der Waals surface area contributed by atoms with Crippen molar-refractivity contribution in [2.24, 2.45) is 35.1 Å². The maximum absolute atomic E-state index is 13.8. The predicted octanol–water partition coefficient (Wildman–Crippen LogP) is 2.52. The molecule has 0 unspecified atom stereocenters. The van der Waals surface area contributed by atoms with E-state index < -0.39 is 82.7 Å².